The van der Waals surface area contributed by atoms with Crippen molar-refractivity contribution in [2.24, 2.45) is 0 Å². The lowest BCUT2D eigenvalue weighted by Gasteiger charge is -2.13. The Morgan fingerprint density at radius 3 is 2.07 bits per heavy atom. The fourth-order valence-electron chi connectivity index (χ4n) is 2.61. The molecule has 2 aromatic carbocycles. The van der Waals surface area contributed by atoms with Gasteiger partial charge in [-0.05, 0) is 69.3 Å². The molecule has 0 aliphatic carbocycles. The molecule has 7 nitrogen and oxygen atoms in total. The summed E-state index contributed by atoms with van der Waals surface area (Å²) in [6.07, 6.45) is -1.17. The van der Waals surface area contributed by atoms with E-state index in [0.717, 1.165) is 0 Å². The van der Waals surface area contributed by atoms with E-state index in [2.05, 4.69) is 5.32 Å². The minimum Gasteiger partial charge on any atom is -0.494 e. The summed E-state index contributed by atoms with van der Waals surface area (Å²) >= 11 is 0. The maximum atomic E-state index is 12.2. The molecule has 0 saturated carbocycles. The number of esters is 1. The molecule has 158 valence electrons. The van der Waals surface area contributed by atoms with Crippen LogP contribution in [0.3, 0.4) is 0 Å². The number of carbonyl (C=O) groups excluding carboxylic acids is 4. The van der Waals surface area contributed by atoms with Crippen molar-refractivity contribution < 1.29 is 28.7 Å². The maximum Gasteiger partial charge on any atom is 0.307 e. The van der Waals surface area contributed by atoms with Gasteiger partial charge < -0.3 is 14.8 Å². The number of hydrogen-bond acceptors (Lipinski definition) is 6. The van der Waals surface area contributed by atoms with Gasteiger partial charge in [-0.1, -0.05) is 0 Å². The molecule has 0 saturated heterocycles. The number of rotatable bonds is 10. The van der Waals surface area contributed by atoms with Gasteiger partial charge in [-0.25, -0.2) is 0 Å². The van der Waals surface area contributed by atoms with Crippen LogP contribution in [0.5, 0.6) is 5.75 Å². The van der Waals surface area contributed by atoms with Crippen molar-refractivity contribution in [1.82, 2.24) is 0 Å². The molecule has 2 aromatic rings. The number of nitrogens with one attached hydrogen (secondary N) is 1. The predicted octanol–water partition coefficient (Wildman–Crippen LogP) is 3.82. The van der Waals surface area contributed by atoms with Gasteiger partial charge in [-0.3, -0.25) is 19.2 Å². The highest BCUT2D eigenvalue weighted by Gasteiger charge is 2.19. The SMILES string of the molecule is CCOc1ccc(C(=O)CCC(=O)O[C@H](C)C(=O)Nc2ccc(C(C)=O)cc2)cc1. The highest BCUT2D eigenvalue weighted by Crippen LogP contribution is 2.15. The molecule has 0 unspecified atom stereocenters. The van der Waals surface area contributed by atoms with Crippen LogP contribution in [0.1, 0.15) is 54.3 Å². The number of ketones is 2. The summed E-state index contributed by atoms with van der Waals surface area (Å²) in [5, 5.41) is 2.61. The number of hydrogen-bond donors (Lipinski definition) is 1. The average Bonchev–Trinajstić information content (AvgIpc) is 2.73. The van der Waals surface area contributed by atoms with Gasteiger partial charge >= 0.3 is 5.97 Å². The Balaban J connectivity index is 1.79. The first kappa shape index (κ1) is 22.8. The van der Waals surface area contributed by atoms with Crippen LogP contribution in [0.2, 0.25) is 0 Å². The van der Waals surface area contributed by atoms with Gasteiger partial charge in [0.25, 0.3) is 5.91 Å². The number of ether oxygens (including phenoxy) is 2. The maximum absolute atomic E-state index is 12.2. The number of Topliss-reactive ketones (excluding diaryl/α,β-unsaturated/α-hetero) is 2. The summed E-state index contributed by atoms with van der Waals surface area (Å²) in [7, 11) is 0. The summed E-state index contributed by atoms with van der Waals surface area (Å²) < 4.78 is 10.4. The summed E-state index contributed by atoms with van der Waals surface area (Å²) in [6.45, 7) is 5.31. The van der Waals surface area contributed by atoms with E-state index >= 15 is 0 Å². The van der Waals surface area contributed by atoms with Gasteiger partial charge in [0.05, 0.1) is 13.0 Å². The average molecular weight is 411 g/mol. The quantitative estimate of drug-likeness (QED) is 0.471. The second-order valence-electron chi connectivity index (χ2n) is 6.64. The van der Waals surface area contributed by atoms with Crippen molar-refractivity contribution >= 4 is 29.1 Å². The zero-order chi connectivity index (χ0) is 22.1. The highest BCUT2D eigenvalue weighted by molar-refractivity contribution is 5.99. The molecule has 0 aliphatic rings. The van der Waals surface area contributed by atoms with Crippen LogP contribution in [0.15, 0.2) is 48.5 Å². The van der Waals surface area contributed by atoms with Gasteiger partial charge in [0.1, 0.15) is 5.75 Å². The number of benzene rings is 2. The fraction of sp³-hybridized carbons (Fsp3) is 0.304. The first-order chi connectivity index (χ1) is 14.3. The predicted molar refractivity (Wildman–Crippen MR) is 112 cm³/mol. The zero-order valence-corrected chi connectivity index (χ0v) is 17.3. The molecule has 0 bridgehead atoms. The van der Waals surface area contributed by atoms with Gasteiger partial charge in [-0.2, -0.15) is 0 Å². The van der Waals surface area contributed by atoms with Gasteiger partial charge in [0.15, 0.2) is 17.7 Å². The minimum absolute atomic E-state index is 0.0202. The number of amides is 1. The molecule has 0 aromatic heterocycles. The molecule has 0 heterocycles. The molecular formula is C23H25NO6. The Kier molecular flexibility index (Phi) is 8.29. The van der Waals surface area contributed by atoms with E-state index < -0.39 is 18.0 Å². The third-order valence-electron chi connectivity index (χ3n) is 4.28. The lowest BCUT2D eigenvalue weighted by molar-refractivity contribution is -0.153. The summed E-state index contributed by atoms with van der Waals surface area (Å²) in [6, 6.07) is 13.1. The molecule has 7 heteroatoms. The lowest BCUT2D eigenvalue weighted by Crippen LogP contribution is -2.30. The molecule has 0 aliphatic heterocycles. The van der Waals surface area contributed by atoms with Gasteiger partial charge in [0, 0.05) is 23.2 Å². The van der Waals surface area contributed by atoms with Crippen molar-refractivity contribution in [1.29, 1.82) is 0 Å². The van der Waals surface area contributed by atoms with Crippen LogP contribution in [-0.2, 0) is 14.3 Å². The molecule has 0 radical (unpaired) electrons. The molecule has 0 fully saturated rings. The van der Waals surface area contributed by atoms with Crippen molar-refractivity contribution in [2.45, 2.75) is 39.7 Å². The van der Waals surface area contributed by atoms with Crippen molar-refractivity contribution in [3.8, 4) is 5.75 Å². The van der Waals surface area contributed by atoms with E-state index in [0.29, 0.717) is 29.2 Å². The molecule has 1 amide bonds. The normalized spacial score (nSPS) is 11.3. The summed E-state index contributed by atoms with van der Waals surface area (Å²) in [4.78, 5) is 47.6. The van der Waals surface area contributed by atoms with Gasteiger partial charge in [0.2, 0.25) is 0 Å². The topological polar surface area (TPSA) is 98.8 Å². The molecule has 30 heavy (non-hydrogen) atoms. The summed E-state index contributed by atoms with van der Waals surface area (Å²) in [5.41, 5.74) is 1.49. The highest BCUT2D eigenvalue weighted by atomic mass is 16.5. The van der Waals surface area contributed by atoms with E-state index in [-0.39, 0.29) is 24.4 Å². The zero-order valence-electron chi connectivity index (χ0n) is 17.3. The van der Waals surface area contributed by atoms with Crippen LogP contribution in [0.4, 0.5) is 5.69 Å². The molecule has 0 spiro atoms. The second-order valence-corrected chi connectivity index (χ2v) is 6.64. The standard InChI is InChI=1S/C23H25NO6/c1-4-29-20-11-7-18(8-12-20)21(26)13-14-22(27)30-16(3)23(28)24-19-9-5-17(6-10-19)15(2)25/h5-12,16H,4,13-14H2,1-3H3,(H,24,28)/t16-/m1/s1. The first-order valence-electron chi connectivity index (χ1n) is 9.67. The van der Waals surface area contributed by atoms with Crippen molar-refractivity contribution in [2.75, 3.05) is 11.9 Å². The number of carbonyl (C=O) groups is 4. The lowest BCUT2D eigenvalue weighted by atomic mass is 10.1. The fourth-order valence-corrected chi connectivity index (χ4v) is 2.61. The molecule has 1 N–H and O–H groups in total. The van der Waals surface area contributed by atoms with Gasteiger partial charge in [-0.15, -0.1) is 0 Å². The largest absolute Gasteiger partial charge is 0.494 e. The van der Waals surface area contributed by atoms with Crippen LogP contribution in [0.25, 0.3) is 0 Å². The van der Waals surface area contributed by atoms with E-state index in [9.17, 15) is 19.2 Å². The van der Waals surface area contributed by atoms with Crippen LogP contribution >= 0.6 is 0 Å². The van der Waals surface area contributed by atoms with Crippen LogP contribution in [-0.4, -0.2) is 36.2 Å². The van der Waals surface area contributed by atoms with Crippen molar-refractivity contribution in [3.05, 3.63) is 59.7 Å². The molecule has 1 atom stereocenters. The third kappa shape index (κ3) is 6.84. The Labute approximate surface area is 175 Å². The van der Waals surface area contributed by atoms with E-state index in [4.69, 9.17) is 9.47 Å². The minimum atomic E-state index is -1.02. The van der Waals surface area contributed by atoms with Crippen LogP contribution < -0.4 is 10.1 Å². The first-order valence-corrected chi connectivity index (χ1v) is 9.67. The van der Waals surface area contributed by atoms with E-state index in [1.165, 1.54) is 13.8 Å². The second kappa shape index (κ2) is 10.9. The summed E-state index contributed by atoms with van der Waals surface area (Å²) in [5.74, 6) is -0.738. The van der Waals surface area contributed by atoms with Crippen LogP contribution in [0, 0.1) is 0 Å². The van der Waals surface area contributed by atoms with E-state index in [1.807, 2.05) is 6.92 Å². The van der Waals surface area contributed by atoms with Crippen molar-refractivity contribution in [3.63, 3.8) is 0 Å². The van der Waals surface area contributed by atoms with E-state index in [1.54, 1.807) is 48.5 Å². The smallest absolute Gasteiger partial charge is 0.307 e. The number of anilines is 1. The monoisotopic (exact) mass is 411 g/mol. The Morgan fingerprint density at radius 2 is 1.50 bits per heavy atom. The molecular weight excluding hydrogens is 386 g/mol. The molecule has 2 rings (SSSR count). The Bertz CT molecular complexity index is 902. The Hall–Kier alpha value is -3.48. The Morgan fingerprint density at radius 1 is 0.900 bits per heavy atom. The third-order valence-corrected chi connectivity index (χ3v) is 4.28.